The van der Waals surface area contributed by atoms with Crippen molar-refractivity contribution in [3.8, 4) is 0 Å². The molecule has 1 saturated heterocycles. The van der Waals surface area contributed by atoms with Crippen LogP contribution in [-0.2, 0) is 19.8 Å². The summed E-state index contributed by atoms with van der Waals surface area (Å²) < 4.78 is 11.9. The summed E-state index contributed by atoms with van der Waals surface area (Å²) in [6.07, 6.45) is 8.62. The van der Waals surface area contributed by atoms with Crippen molar-refractivity contribution in [1.29, 1.82) is 0 Å². The summed E-state index contributed by atoms with van der Waals surface area (Å²) in [5.74, 6) is -0.00699. The number of ether oxygens (including phenoxy) is 2. The molecule has 1 aromatic rings. The molecule has 2 unspecified atom stereocenters. The zero-order valence-electron chi connectivity index (χ0n) is 13.0. The monoisotopic (exact) mass is 381 g/mol. The Balaban J connectivity index is 1.82. The fourth-order valence-electron chi connectivity index (χ4n) is 3.75. The van der Waals surface area contributed by atoms with Crippen LogP contribution in [0.4, 0.5) is 5.69 Å². The third-order valence-corrected chi connectivity index (χ3v) is 5.57. The van der Waals surface area contributed by atoms with E-state index >= 15 is 0 Å². The molecule has 124 valence electrons. The Morgan fingerprint density at radius 2 is 2.26 bits per heavy atom. The molecule has 0 aromatic carbocycles. The number of halogens is 1. The van der Waals surface area contributed by atoms with Gasteiger partial charge in [0.1, 0.15) is 6.23 Å². The van der Waals surface area contributed by atoms with Gasteiger partial charge in [-0.15, -0.1) is 0 Å². The molecule has 3 aliphatic rings. The fourth-order valence-corrected chi connectivity index (χ4v) is 4.38. The van der Waals surface area contributed by atoms with Crippen LogP contribution in [0.2, 0.25) is 0 Å². The minimum Gasteiger partial charge on any atom is -0.467 e. The summed E-state index contributed by atoms with van der Waals surface area (Å²) in [7, 11) is 1.45. The summed E-state index contributed by atoms with van der Waals surface area (Å²) in [5.41, 5.74) is 4.45. The zero-order valence-corrected chi connectivity index (χ0v) is 14.6. The standard InChI is InChI=1S/C16H20BrN3O3/c1-22-15(21)16(10-5-6-10)14-11(17)8-18-9-12(14)20(19-16)13-4-2-3-7-23-13/h8-10,13,19H,2-7H2,1H3. The lowest BCUT2D eigenvalue weighted by molar-refractivity contribution is -0.150. The minimum atomic E-state index is -0.841. The summed E-state index contributed by atoms with van der Waals surface area (Å²) in [4.78, 5) is 17.1. The van der Waals surface area contributed by atoms with Crippen molar-refractivity contribution < 1.29 is 14.3 Å². The Kier molecular flexibility index (Phi) is 3.82. The number of aromatic nitrogens is 1. The summed E-state index contributed by atoms with van der Waals surface area (Å²) in [5, 5.41) is 1.99. The maximum absolute atomic E-state index is 12.8. The first-order valence-corrected chi connectivity index (χ1v) is 8.89. The maximum Gasteiger partial charge on any atom is 0.332 e. The number of hydrogen-bond acceptors (Lipinski definition) is 6. The first-order valence-electron chi connectivity index (χ1n) is 8.09. The highest BCUT2D eigenvalue weighted by molar-refractivity contribution is 9.10. The third kappa shape index (κ3) is 2.28. The number of methoxy groups -OCH3 is 1. The Morgan fingerprint density at radius 3 is 2.91 bits per heavy atom. The number of pyridine rings is 1. The molecule has 23 heavy (non-hydrogen) atoms. The van der Waals surface area contributed by atoms with Crippen LogP contribution in [0.25, 0.3) is 0 Å². The molecule has 2 fully saturated rings. The lowest BCUT2D eigenvalue weighted by atomic mass is 9.86. The van der Waals surface area contributed by atoms with Crippen molar-refractivity contribution in [3.63, 3.8) is 0 Å². The highest BCUT2D eigenvalue weighted by Gasteiger charge is 2.60. The number of rotatable bonds is 3. The van der Waals surface area contributed by atoms with E-state index < -0.39 is 5.54 Å². The largest absolute Gasteiger partial charge is 0.467 e. The number of carbonyl (C=O) groups excluding carboxylic acids is 1. The van der Waals surface area contributed by atoms with Crippen molar-refractivity contribution >= 4 is 27.6 Å². The molecular weight excluding hydrogens is 362 g/mol. The minimum absolute atomic E-state index is 0.0797. The van der Waals surface area contributed by atoms with E-state index in [0.717, 1.165) is 54.4 Å². The number of nitrogens with zero attached hydrogens (tertiary/aromatic N) is 2. The first kappa shape index (κ1) is 15.4. The molecule has 4 rings (SSSR count). The van der Waals surface area contributed by atoms with E-state index in [1.165, 1.54) is 7.11 Å². The SMILES string of the molecule is COC(=O)C1(C2CC2)NN(C2CCCCO2)c2cncc(Br)c21. The fraction of sp³-hybridized carbons (Fsp3) is 0.625. The van der Waals surface area contributed by atoms with Gasteiger partial charge in [0, 0.05) is 22.8 Å². The Morgan fingerprint density at radius 1 is 1.43 bits per heavy atom. The van der Waals surface area contributed by atoms with Gasteiger partial charge in [-0.3, -0.25) is 9.99 Å². The molecule has 0 spiro atoms. The van der Waals surface area contributed by atoms with Crippen LogP contribution in [0.3, 0.4) is 0 Å². The van der Waals surface area contributed by atoms with E-state index in [9.17, 15) is 4.79 Å². The molecule has 0 amide bonds. The number of fused-ring (bicyclic) bond motifs is 1. The molecule has 7 heteroatoms. The average Bonchev–Trinajstić information content (AvgIpc) is 3.37. The van der Waals surface area contributed by atoms with E-state index in [1.54, 1.807) is 12.4 Å². The molecular formula is C16H20BrN3O3. The van der Waals surface area contributed by atoms with Crippen LogP contribution in [0, 0.1) is 5.92 Å². The second-order valence-electron chi connectivity index (χ2n) is 6.39. The Labute approximate surface area is 143 Å². The van der Waals surface area contributed by atoms with Crippen molar-refractivity contribution in [2.45, 2.75) is 43.9 Å². The van der Waals surface area contributed by atoms with Crippen LogP contribution in [0.5, 0.6) is 0 Å². The van der Waals surface area contributed by atoms with Crippen molar-refractivity contribution in [3.05, 3.63) is 22.4 Å². The topological polar surface area (TPSA) is 63.7 Å². The predicted octanol–water partition coefficient (Wildman–Crippen LogP) is 2.47. The molecule has 0 radical (unpaired) electrons. The Hall–Kier alpha value is -1.18. The number of anilines is 1. The van der Waals surface area contributed by atoms with Gasteiger partial charge in [-0.1, -0.05) is 0 Å². The number of hydrazine groups is 1. The van der Waals surface area contributed by atoms with Gasteiger partial charge in [-0.2, -0.15) is 0 Å². The predicted molar refractivity (Wildman–Crippen MR) is 87.6 cm³/mol. The molecule has 0 bridgehead atoms. The van der Waals surface area contributed by atoms with Crippen LogP contribution in [-0.4, -0.2) is 30.9 Å². The van der Waals surface area contributed by atoms with Crippen LogP contribution < -0.4 is 10.4 Å². The van der Waals surface area contributed by atoms with Gasteiger partial charge in [-0.05, 0) is 54.0 Å². The van der Waals surface area contributed by atoms with E-state index in [-0.39, 0.29) is 18.1 Å². The maximum atomic E-state index is 12.8. The van der Waals surface area contributed by atoms with Crippen molar-refractivity contribution in [2.24, 2.45) is 5.92 Å². The number of hydrogen-bond donors (Lipinski definition) is 1. The number of nitrogens with one attached hydrogen (secondary N) is 1. The molecule has 2 aliphatic heterocycles. The molecule has 1 aliphatic carbocycles. The van der Waals surface area contributed by atoms with Gasteiger partial charge in [0.05, 0.1) is 19.0 Å². The molecule has 1 N–H and O–H groups in total. The zero-order chi connectivity index (χ0) is 16.0. The van der Waals surface area contributed by atoms with Crippen LogP contribution in [0.1, 0.15) is 37.7 Å². The number of carbonyl (C=O) groups is 1. The molecule has 3 heterocycles. The highest BCUT2D eigenvalue weighted by atomic mass is 79.9. The van der Waals surface area contributed by atoms with E-state index in [4.69, 9.17) is 9.47 Å². The smallest absolute Gasteiger partial charge is 0.332 e. The molecule has 2 atom stereocenters. The third-order valence-electron chi connectivity index (χ3n) is 4.97. The second kappa shape index (κ2) is 5.72. The van der Waals surface area contributed by atoms with Crippen LogP contribution >= 0.6 is 15.9 Å². The summed E-state index contributed by atoms with van der Waals surface area (Å²) >= 11 is 3.59. The average molecular weight is 382 g/mol. The molecule has 1 saturated carbocycles. The second-order valence-corrected chi connectivity index (χ2v) is 7.25. The number of esters is 1. The van der Waals surface area contributed by atoms with E-state index in [1.807, 2.05) is 5.01 Å². The van der Waals surface area contributed by atoms with Gasteiger partial charge < -0.3 is 9.47 Å². The quantitative estimate of drug-likeness (QED) is 0.811. The summed E-state index contributed by atoms with van der Waals surface area (Å²) in [6, 6.07) is 0. The van der Waals surface area contributed by atoms with Crippen LogP contribution in [0.15, 0.2) is 16.9 Å². The first-order chi connectivity index (χ1) is 11.2. The van der Waals surface area contributed by atoms with Gasteiger partial charge >= 0.3 is 5.97 Å². The van der Waals surface area contributed by atoms with Crippen molar-refractivity contribution in [1.82, 2.24) is 10.4 Å². The normalized spacial score (nSPS) is 30.2. The lowest BCUT2D eigenvalue weighted by Crippen LogP contribution is -2.57. The van der Waals surface area contributed by atoms with Gasteiger partial charge in [0.25, 0.3) is 0 Å². The Bertz CT molecular complexity index is 631. The van der Waals surface area contributed by atoms with E-state index in [0.29, 0.717) is 0 Å². The summed E-state index contributed by atoms with van der Waals surface area (Å²) in [6.45, 7) is 0.744. The highest BCUT2D eigenvalue weighted by Crippen LogP contribution is 2.54. The van der Waals surface area contributed by atoms with Gasteiger partial charge in [-0.25, -0.2) is 10.2 Å². The van der Waals surface area contributed by atoms with Gasteiger partial charge in [0.15, 0.2) is 5.54 Å². The lowest BCUT2D eigenvalue weighted by Gasteiger charge is -2.35. The molecule has 6 nitrogen and oxygen atoms in total. The van der Waals surface area contributed by atoms with E-state index in [2.05, 4.69) is 26.3 Å². The molecule has 1 aromatic heterocycles. The van der Waals surface area contributed by atoms with Crippen molar-refractivity contribution in [2.75, 3.05) is 18.7 Å². The van der Waals surface area contributed by atoms with Gasteiger partial charge in [0.2, 0.25) is 0 Å².